The van der Waals surface area contributed by atoms with Crippen LogP contribution in [-0.4, -0.2) is 41.1 Å². The summed E-state index contributed by atoms with van der Waals surface area (Å²) in [6.45, 7) is 1.72. The van der Waals surface area contributed by atoms with E-state index in [0.717, 1.165) is 0 Å². The van der Waals surface area contributed by atoms with Crippen molar-refractivity contribution < 1.29 is 24.2 Å². The minimum atomic E-state index is -1.01. The molecule has 0 radical (unpaired) electrons. The molecule has 3 aliphatic rings. The average molecular weight is 328 g/mol. The van der Waals surface area contributed by atoms with Crippen LogP contribution in [0.4, 0.5) is 11.4 Å². The molecule has 7 nitrogen and oxygen atoms in total. The summed E-state index contributed by atoms with van der Waals surface area (Å²) in [5.74, 6) is -2.95. The second-order valence-corrected chi connectivity index (χ2v) is 6.39. The van der Waals surface area contributed by atoms with Crippen molar-refractivity contribution >= 4 is 29.2 Å². The Morgan fingerprint density at radius 1 is 1.33 bits per heavy atom. The number of rotatable bonds is 3. The van der Waals surface area contributed by atoms with Crippen LogP contribution in [0.1, 0.15) is 6.92 Å². The maximum absolute atomic E-state index is 12.8. The minimum absolute atomic E-state index is 0.173. The predicted octanol–water partition coefficient (Wildman–Crippen LogP) is 1.02. The Morgan fingerprint density at radius 2 is 2.04 bits per heavy atom. The van der Waals surface area contributed by atoms with Crippen LogP contribution in [0.25, 0.3) is 0 Å². The first-order valence-electron chi connectivity index (χ1n) is 7.70. The maximum Gasteiger partial charge on any atom is 0.310 e. The van der Waals surface area contributed by atoms with Crippen molar-refractivity contribution in [2.24, 2.45) is 11.8 Å². The van der Waals surface area contributed by atoms with Gasteiger partial charge in [0.05, 0.1) is 18.6 Å². The summed E-state index contributed by atoms with van der Waals surface area (Å²) in [7, 11) is 0. The second-order valence-electron chi connectivity index (χ2n) is 6.39. The molecule has 2 bridgehead atoms. The molecule has 4 atom stereocenters. The highest BCUT2D eigenvalue weighted by atomic mass is 16.5. The number of nitrogens with zero attached hydrogens (tertiary/aromatic N) is 1. The zero-order valence-corrected chi connectivity index (χ0v) is 12.9. The average Bonchev–Trinajstić information content (AvgIpc) is 3.16. The number of carbonyl (C=O) groups excluding carboxylic acids is 2. The molecule has 1 aromatic rings. The van der Waals surface area contributed by atoms with Gasteiger partial charge >= 0.3 is 5.97 Å². The number of carboxylic acids is 1. The molecule has 4 rings (SSSR count). The van der Waals surface area contributed by atoms with E-state index >= 15 is 0 Å². The molecular weight excluding hydrogens is 312 g/mol. The van der Waals surface area contributed by atoms with Gasteiger partial charge in [0, 0.05) is 18.3 Å². The van der Waals surface area contributed by atoms with Crippen molar-refractivity contribution in [3.63, 3.8) is 0 Å². The third-order valence-corrected chi connectivity index (χ3v) is 4.88. The van der Waals surface area contributed by atoms with E-state index in [0.29, 0.717) is 17.9 Å². The number of aliphatic carboxylic acids is 1. The molecule has 3 aliphatic heterocycles. The number of ether oxygens (including phenoxy) is 1. The molecule has 0 aliphatic carbocycles. The summed E-state index contributed by atoms with van der Waals surface area (Å²) < 4.78 is 5.84. The smallest absolute Gasteiger partial charge is 0.310 e. The van der Waals surface area contributed by atoms with Gasteiger partial charge < -0.3 is 20.1 Å². The van der Waals surface area contributed by atoms with Crippen LogP contribution in [0.5, 0.6) is 0 Å². The Hall–Kier alpha value is -2.67. The van der Waals surface area contributed by atoms with Gasteiger partial charge in [-0.3, -0.25) is 14.4 Å². The van der Waals surface area contributed by atoms with Crippen LogP contribution in [0, 0.1) is 11.8 Å². The summed E-state index contributed by atoms with van der Waals surface area (Å²) in [6, 6.07) is 6.87. The number of carbonyl (C=O) groups is 3. The monoisotopic (exact) mass is 328 g/mol. The van der Waals surface area contributed by atoms with Gasteiger partial charge in [-0.2, -0.15) is 0 Å². The quantitative estimate of drug-likeness (QED) is 0.808. The summed E-state index contributed by atoms with van der Waals surface area (Å²) >= 11 is 0. The minimum Gasteiger partial charge on any atom is -0.481 e. The molecule has 2 fully saturated rings. The van der Waals surface area contributed by atoms with Gasteiger partial charge in [0.25, 0.3) is 0 Å². The molecule has 124 valence electrons. The molecule has 0 aromatic heterocycles. The fraction of sp³-hybridized carbons (Fsp3) is 0.353. The lowest BCUT2D eigenvalue weighted by Gasteiger charge is -2.21. The third kappa shape index (κ3) is 1.98. The summed E-state index contributed by atoms with van der Waals surface area (Å²) in [5, 5.41) is 12.1. The van der Waals surface area contributed by atoms with E-state index in [-0.39, 0.29) is 11.8 Å². The van der Waals surface area contributed by atoms with E-state index in [9.17, 15) is 19.5 Å². The number of fused-ring (bicyclic) bond motifs is 1. The van der Waals surface area contributed by atoms with Crippen LogP contribution >= 0.6 is 0 Å². The van der Waals surface area contributed by atoms with E-state index in [1.54, 1.807) is 35.2 Å². The molecule has 0 unspecified atom stereocenters. The second kappa shape index (κ2) is 4.91. The molecule has 2 amide bonds. The number of anilines is 2. The van der Waals surface area contributed by atoms with E-state index in [1.165, 1.54) is 6.92 Å². The normalized spacial score (nSPS) is 33.0. The van der Waals surface area contributed by atoms with Crippen molar-refractivity contribution in [2.45, 2.75) is 18.6 Å². The molecule has 0 saturated carbocycles. The number of carboxylic acid groups (broad SMARTS) is 1. The van der Waals surface area contributed by atoms with Crippen molar-refractivity contribution in [1.82, 2.24) is 0 Å². The Kier molecular flexibility index (Phi) is 3.05. The van der Waals surface area contributed by atoms with Gasteiger partial charge in [-0.1, -0.05) is 12.2 Å². The molecule has 2 N–H and O–H groups in total. The highest BCUT2D eigenvalue weighted by Crippen LogP contribution is 2.52. The Balaban J connectivity index is 1.63. The highest BCUT2D eigenvalue weighted by molar-refractivity contribution is 6.02. The van der Waals surface area contributed by atoms with Crippen LogP contribution in [0.15, 0.2) is 36.4 Å². The fourth-order valence-electron chi connectivity index (χ4n) is 3.93. The number of hydrogen-bond acceptors (Lipinski definition) is 4. The Labute approximate surface area is 137 Å². The molecule has 3 heterocycles. The molecule has 1 aromatic carbocycles. The number of benzene rings is 1. The van der Waals surface area contributed by atoms with Crippen LogP contribution < -0.4 is 10.2 Å². The SMILES string of the molecule is CC(=O)Nc1ccc(N2C[C@]34C=C[C@@H](O3)[C@H](C(=O)O)[C@@H]4C2=O)cc1. The largest absolute Gasteiger partial charge is 0.481 e. The first kappa shape index (κ1) is 14.9. The standard InChI is InChI=1S/C17H16N2O5/c1-9(20)18-10-2-4-11(5-3-10)19-8-17-7-6-12(24-17)13(16(22)23)14(17)15(19)21/h2-7,12-14H,8H2,1H3,(H,18,20)(H,22,23)/t12-,13+,14-,17+/m1/s1. The topological polar surface area (TPSA) is 95.9 Å². The van der Waals surface area contributed by atoms with Crippen LogP contribution in [0.2, 0.25) is 0 Å². The lowest BCUT2D eigenvalue weighted by Crippen LogP contribution is -2.39. The fourth-order valence-corrected chi connectivity index (χ4v) is 3.93. The van der Waals surface area contributed by atoms with Gasteiger partial charge in [0.2, 0.25) is 11.8 Å². The van der Waals surface area contributed by atoms with Gasteiger partial charge in [-0.25, -0.2) is 0 Å². The van der Waals surface area contributed by atoms with E-state index < -0.39 is 29.5 Å². The predicted molar refractivity (Wildman–Crippen MR) is 84.5 cm³/mol. The summed E-state index contributed by atoms with van der Waals surface area (Å²) in [6.07, 6.45) is 3.04. The lowest BCUT2D eigenvalue weighted by atomic mass is 9.77. The maximum atomic E-state index is 12.8. The van der Waals surface area contributed by atoms with Gasteiger partial charge in [-0.15, -0.1) is 0 Å². The molecule has 1 spiro atoms. The van der Waals surface area contributed by atoms with Crippen molar-refractivity contribution in [1.29, 1.82) is 0 Å². The molecule has 24 heavy (non-hydrogen) atoms. The van der Waals surface area contributed by atoms with Gasteiger partial charge in [0.1, 0.15) is 11.5 Å². The molecular formula is C17H16N2O5. The van der Waals surface area contributed by atoms with E-state index in [1.807, 2.05) is 6.08 Å². The Morgan fingerprint density at radius 3 is 2.67 bits per heavy atom. The zero-order valence-electron chi connectivity index (χ0n) is 12.9. The van der Waals surface area contributed by atoms with Crippen molar-refractivity contribution in [2.75, 3.05) is 16.8 Å². The van der Waals surface area contributed by atoms with Crippen LogP contribution in [0.3, 0.4) is 0 Å². The number of nitrogens with one attached hydrogen (secondary N) is 1. The van der Waals surface area contributed by atoms with E-state index in [4.69, 9.17) is 4.74 Å². The number of hydrogen-bond donors (Lipinski definition) is 2. The number of amides is 2. The van der Waals surface area contributed by atoms with Crippen molar-refractivity contribution in [3.8, 4) is 0 Å². The first-order valence-corrected chi connectivity index (χ1v) is 7.70. The van der Waals surface area contributed by atoms with Crippen molar-refractivity contribution in [3.05, 3.63) is 36.4 Å². The zero-order chi connectivity index (χ0) is 17.1. The first-order chi connectivity index (χ1) is 11.4. The molecule has 7 heteroatoms. The van der Waals surface area contributed by atoms with Gasteiger partial charge in [-0.05, 0) is 24.3 Å². The summed E-state index contributed by atoms with van der Waals surface area (Å²) in [5.41, 5.74) is 0.445. The summed E-state index contributed by atoms with van der Waals surface area (Å²) in [4.78, 5) is 37.0. The Bertz CT molecular complexity index is 772. The van der Waals surface area contributed by atoms with Crippen LogP contribution in [-0.2, 0) is 19.1 Å². The van der Waals surface area contributed by atoms with Gasteiger partial charge in [0.15, 0.2) is 0 Å². The lowest BCUT2D eigenvalue weighted by molar-refractivity contribution is -0.146. The van der Waals surface area contributed by atoms with E-state index in [2.05, 4.69) is 5.32 Å². The highest BCUT2D eigenvalue weighted by Gasteiger charge is 2.67. The third-order valence-electron chi connectivity index (χ3n) is 4.88. The molecule has 2 saturated heterocycles.